The predicted molar refractivity (Wildman–Crippen MR) is 110 cm³/mol. The largest absolute Gasteiger partial charge is 0.480 e. The van der Waals surface area contributed by atoms with Gasteiger partial charge in [-0.3, -0.25) is 19.2 Å². The van der Waals surface area contributed by atoms with E-state index in [1.165, 1.54) is 11.8 Å². The molecule has 158 valence electrons. The topological polar surface area (TPSA) is 159 Å². The van der Waals surface area contributed by atoms with Gasteiger partial charge in [-0.1, -0.05) is 36.9 Å². The minimum atomic E-state index is -1.22. The van der Waals surface area contributed by atoms with Gasteiger partial charge >= 0.3 is 11.9 Å². The van der Waals surface area contributed by atoms with E-state index < -0.39 is 42.4 Å². The summed E-state index contributed by atoms with van der Waals surface area (Å²) in [4.78, 5) is 45.7. The third-order valence-corrected chi connectivity index (χ3v) is 4.93. The van der Waals surface area contributed by atoms with Crippen molar-refractivity contribution < 1.29 is 29.4 Å². The zero-order chi connectivity index (χ0) is 21.8. The molecule has 0 spiro atoms. The zero-order valence-corrected chi connectivity index (χ0v) is 16.6. The van der Waals surface area contributed by atoms with Crippen molar-refractivity contribution in [1.29, 1.82) is 0 Å². The average molecular weight is 423 g/mol. The Labute approximate surface area is 172 Å². The van der Waals surface area contributed by atoms with Crippen molar-refractivity contribution in [2.75, 3.05) is 18.1 Å². The molecule has 6 N–H and O–H groups in total. The Hall–Kier alpha value is -2.85. The number of hydrogen-bond donors (Lipinski definition) is 5. The minimum absolute atomic E-state index is 0.0808. The van der Waals surface area contributed by atoms with Gasteiger partial charge in [-0.05, 0) is 17.6 Å². The summed E-state index contributed by atoms with van der Waals surface area (Å²) < 4.78 is 0. The van der Waals surface area contributed by atoms with Gasteiger partial charge < -0.3 is 26.6 Å². The number of carbonyl (C=O) groups excluding carboxylic acids is 2. The van der Waals surface area contributed by atoms with Gasteiger partial charge in [0, 0.05) is 17.9 Å². The number of carbonyl (C=O) groups is 4. The van der Waals surface area contributed by atoms with Crippen molar-refractivity contribution >= 4 is 41.1 Å². The van der Waals surface area contributed by atoms with E-state index in [-0.39, 0.29) is 18.6 Å². The van der Waals surface area contributed by atoms with Crippen molar-refractivity contribution in [3.8, 4) is 0 Å². The van der Waals surface area contributed by atoms with Gasteiger partial charge in [-0.15, -0.1) is 0 Å². The number of thioether (sulfide) groups is 1. The van der Waals surface area contributed by atoms with Crippen molar-refractivity contribution in [3.05, 3.63) is 42.5 Å². The number of carboxylic acid groups (broad SMARTS) is 2. The van der Waals surface area contributed by atoms with Gasteiger partial charge in [0.2, 0.25) is 11.8 Å². The maximum atomic E-state index is 12.2. The van der Waals surface area contributed by atoms with Crippen LogP contribution < -0.4 is 16.4 Å². The highest BCUT2D eigenvalue weighted by molar-refractivity contribution is 7.99. The Bertz CT molecular complexity index is 741. The molecule has 0 saturated heterocycles. The molecule has 9 nitrogen and oxygen atoms in total. The summed E-state index contributed by atoms with van der Waals surface area (Å²) in [7, 11) is 0. The summed E-state index contributed by atoms with van der Waals surface area (Å²) in [6.45, 7) is 3.42. The highest BCUT2D eigenvalue weighted by Crippen LogP contribution is 2.18. The lowest BCUT2D eigenvalue weighted by Gasteiger charge is -2.18. The first-order valence-corrected chi connectivity index (χ1v) is 9.94. The number of hydrogen-bond acceptors (Lipinski definition) is 6. The smallest absolute Gasteiger partial charge is 0.322 e. The molecule has 0 saturated carbocycles. The van der Waals surface area contributed by atoms with Gasteiger partial charge in [0.1, 0.15) is 18.6 Å². The van der Waals surface area contributed by atoms with Crippen LogP contribution in [0.2, 0.25) is 0 Å². The van der Waals surface area contributed by atoms with Crippen LogP contribution in [0.4, 0.5) is 0 Å². The second-order valence-corrected chi connectivity index (χ2v) is 7.23. The lowest BCUT2D eigenvalue weighted by Crippen LogP contribution is -2.49. The Morgan fingerprint density at radius 3 is 2.38 bits per heavy atom. The van der Waals surface area contributed by atoms with E-state index in [1.807, 2.05) is 30.3 Å². The Balaban J connectivity index is 2.61. The van der Waals surface area contributed by atoms with Gasteiger partial charge in [0.05, 0.1) is 0 Å². The molecule has 1 aromatic rings. The van der Waals surface area contributed by atoms with Gasteiger partial charge in [-0.25, -0.2) is 0 Å². The zero-order valence-electron chi connectivity index (χ0n) is 15.8. The Morgan fingerprint density at radius 2 is 1.79 bits per heavy atom. The molecule has 1 rings (SSSR count). The lowest BCUT2D eigenvalue weighted by atomic mass is 10.1. The Morgan fingerprint density at radius 1 is 1.14 bits per heavy atom. The minimum Gasteiger partial charge on any atom is -0.480 e. The summed E-state index contributed by atoms with van der Waals surface area (Å²) in [5.74, 6) is -2.91. The number of rotatable bonds is 13. The summed E-state index contributed by atoms with van der Waals surface area (Å²) in [5.41, 5.74) is 7.17. The van der Waals surface area contributed by atoms with E-state index in [9.17, 15) is 19.2 Å². The second-order valence-electron chi connectivity index (χ2n) is 6.20. The summed E-state index contributed by atoms with van der Waals surface area (Å²) in [5, 5.41) is 22.2. The normalized spacial score (nSPS) is 12.4. The van der Waals surface area contributed by atoms with Crippen LogP contribution in [0.5, 0.6) is 0 Å². The van der Waals surface area contributed by atoms with Crippen LogP contribution in [0.1, 0.15) is 18.4 Å². The molecule has 10 heteroatoms. The number of nitrogens with one attached hydrogen (secondary N) is 2. The quantitative estimate of drug-likeness (QED) is 0.303. The summed E-state index contributed by atoms with van der Waals surface area (Å²) >= 11 is 1.36. The molecular formula is C19H25N3O6S. The van der Waals surface area contributed by atoms with E-state index in [2.05, 4.69) is 17.2 Å². The molecule has 0 bridgehead atoms. The summed E-state index contributed by atoms with van der Waals surface area (Å²) in [6.07, 6.45) is -0.250. The van der Waals surface area contributed by atoms with Crippen molar-refractivity contribution in [1.82, 2.24) is 10.6 Å². The molecule has 0 aliphatic rings. The monoisotopic (exact) mass is 423 g/mol. The third-order valence-electron chi connectivity index (χ3n) is 3.81. The van der Waals surface area contributed by atoms with E-state index in [0.29, 0.717) is 5.75 Å². The molecule has 0 aliphatic carbocycles. The first kappa shape index (κ1) is 24.2. The summed E-state index contributed by atoms with van der Waals surface area (Å²) in [6, 6.07) is 7.32. The predicted octanol–water partition coefficient (Wildman–Crippen LogP) is 0.311. The van der Waals surface area contributed by atoms with Gasteiger partial charge in [0.15, 0.2) is 0 Å². The maximum Gasteiger partial charge on any atom is 0.322 e. The van der Waals surface area contributed by atoms with Crippen LogP contribution >= 0.6 is 11.8 Å². The average Bonchev–Trinajstić information content (AvgIpc) is 2.69. The Kier molecular flexibility index (Phi) is 10.5. The SMILES string of the molecule is C=C(CSC[C@H](NC(=O)CC[C@H](N)C(=O)O)C(=O)NCC(=O)O)c1ccccc1. The first-order chi connectivity index (χ1) is 13.7. The molecule has 0 radical (unpaired) electrons. The van der Waals surface area contributed by atoms with Crippen molar-refractivity contribution in [2.45, 2.75) is 24.9 Å². The fourth-order valence-corrected chi connectivity index (χ4v) is 3.20. The molecule has 0 aromatic heterocycles. The standard InChI is InChI=1S/C19H25N3O6S/c1-12(13-5-3-2-4-6-13)10-29-11-15(18(26)21-9-17(24)25)22-16(23)8-7-14(20)19(27)28/h2-6,14-15H,1,7-11,20H2,(H,21,26)(H,22,23)(H,24,25)(H,27,28)/t14-,15-/m0/s1. The van der Waals surface area contributed by atoms with Crippen LogP contribution in [0.25, 0.3) is 5.57 Å². The van der Waals surface area contributed by atoms with E-state index in [4.69, 9.17) is 15.9 Å². The van der Waals surface area contributed by atoms with Gasteiger partial charge in [0.25, 0.3) is 0 Å². The van der Waals surface area contributed by atoms with Crippen LogP contribution in [0.3, 0.4) is 0 Å². The highest BCUT2D eigenvalue weighted by atomic mass is 32.2. The molecule has 0 fully saturated rings. The van der Waals surface area contributed by atoms with E-state index in [1.54, 1.807) is 0 Å². The molecule has 0 heterocycles. The molecular weight excluding hydrogens is 398 g/mol. The molecule has 29 heavy (non-hydrogen) atoms. The van der Waals surface area contributed by atoms with Crippen LogP contribution in [-0.4, -0.2) is 64.1 Å². The molecule has 2 amide bonds. The number of nitrogens with two attached hydrogens (primary N) is 1. The van der Waals surface area contributed by atoms with Gasteiger partial charge in [-0.2, -0.15) is 11.8 Å². The number of benzene rings is 1. The number of aliphatic carboxylic acids is 2. The maximum absolute atomic E-state index is 12.2. The van der Waals surface area contributed by atoms with E-state index >= 15 is 0 Å². The second kappa shape index (κ2) is 12.6. The van der Waals surface area contributed by atoms with E-state index in [0.717, 1.165) is 11.1 Å². The third kappa shape index (κ3) is 9.77. The van der Waals surface area contributed by atoms with Crippen LogP contribution in [0.15, 0.2) is 36.9 Å². The van der Waals surface area contributed by atoms with Crippen molar-refractivity contribution in [3.63, 3.8) is 0 Å². The molecule has 0 aliphatic heterocycles. The fourth-order valence-electron chi connectivity index (χ4n) is 2.20. The molecule has 2 atom stereocenters. The first-order valence-electron chi connectivity index (χ1n) is 8.79. The van der Waals surface area contributed by atoms with Crippen molar-refractivity contribution in [2.24, 2.45) is 5.73 Å². The van der Waals surface area contributed by atoms with Crippen LogP contribution in [-0.2, 0) is 19.2 Å². The molecule has 1 aromatic carbocycles. The number of carboxylic acids is 2. The van der Waals surface area contributed by atoms with Crippen LogP contribution in [0, 0.1) is 0 Å². The number of amides is 2. The molecule has 0 unspecified atom stereocenters. The lowest BCUT2D eigenvalue weighted by molar-refractivity contribution is -0.139. The fraction of sp³-hybridized carbons (Fsp3) is 0.368. The highest BCUT2D eigenvalue weighted by Gasteiger charge is 2.22.